The lowest BCUT2D eigenvalue weighted by Gasteiger charge is -2.34. The van der Waals surface area contributed by atoms with Crippen LogP contribution in [0.4, 0.5) is 17.1 Å². The molecule has 11 aromatic rings. The van der Waals surface area contributed by atoms with Crippen LogP contribution in [0.2, 0.25) is 0 Å². The second kappa shape index (κ2) is 13.8. The monoisotopic (exact) mass is 816 g/mol. The van der Waals surface area contributed by atoms with Crippen molar-refractivity contribution in [2.75, 3.05) is 4.90 Å². The van der Waals surface area contributed by atoms with Crippen LogP contribution in [0, 0.1) is 0 Å². The number of fused-ring (bicyclic) bond motifs is 10. The Hall–Kier alpha value is -7.94. The van der Waals surface area contributed by atoms with Gasteiger partial charge in [-0.1, -0.05) is 172 Å². The molecule has 13 rings (SSSR count). The molecule has 2 aliphatic carbocycles. The molecule has 302 valence electrons. The SMILES string of the molecule is CC1(C)c2ccccc2-c2ccc(N(c3ccccc3)c3ccc4c(c3)c3cc(C5(c6ccc7ccccc7c6)c6ccccc6-c6ccccc65)ccc3n4-c3ccccc3)cc21. The molecule has 0 radical (unpaired) electrons. The van der Waals surface area contributed by atoms with E-state index in [1.807, 2.05) is 0 Å². The van der Waals surface area contributed by atoms with Crippen LogP contribution < -0.4 is 4.90 Å². The first-order valence-corrected chi connectivity index (χ1v) is 22.4. The average Bonchev–Trinajstić information content (AvgIpc) is 3.93. The molecule has 0 N–H and O–H groups in total. The van der Waals surface area contributed by atoms with Crippen LogP contribution in [0.15, 0.2) is 231 Å². The molecule has 0 bridgehead atoms. The molecule has 2 nitrogen and oxygen atoms in total. The summed E-state index contributed by atoms with van der Waals surface area (Å²) in [4.78, 5) is 2.44. The average molecular weight is 817 g/mol. The maximum Gasteiger partial charge on any atom is 0.0714 e. The van der Waals surface area contributed by atoms with Gasteiger partial charge in [-0.05, 0) is 139 Å². The second-order valence-corrected chi connectivity index (χ2v) is 18.1. The van der Waals surface area contributed by atoms with E-state index in [0.717, 1.165) is 22.7 Å². The van der Waals surface area contributed by atoms with Crippen LogP contribution in [0.5, 0.6) is 0 Å². The first-order valence-electron chi connectivity index (χ1n) is 22.4. The standard InChI is InChI=1S/C62H44N2/c1-61(2)55-26-14-11-23-49(55)52-34-32-48(40-58(52)61)63(45-19-5-3-6-20-45)47-33-36-60-54(39-47)53-38-44(31-35-59(53)64(60)46-21-7-4-8-22-46)62(43-30-29-41-17-9-10-18-42(41)37-43)56-27-15-12-24-50(56)51-25-13-16-28-57(51)62/h3-40H,1-2H3. The minimum Gasteiger partial charge on any atom is -0.310 e. The molecule has 1 heterocycles. The van der Waals surface area contributed by atoms with Gasteiger partial charge in [-0.3, -0.25) is 0 Å². The number of rotatable bonds is 6. The van der Waals surface area contributed by atoms with E-state index in [1.54, 1.807) is 0 Å². The summed E-state index contributed by atoms with van der Waals surface area (Å²) in [5, 5.41) is 4.92. The zero-order valence-electron chi connectivity index (χ0n) is 35.8. The molecule has 2 aliphatic rings. The summed E-state index contributed by atoms with van der Waals surface area (Å²) in [5.41, 5.74) is 19.3. The Bertz CT molecular complexity index is 3600. The number of benzene rings is 10. The number of aromatic nitrogens is 1. The van der Waals surface area contributed by atoms with E-state index < -0.39 is 5.41 Å². The normalized spacial score (nSPS) is 14.0. The lowest BCUT2D eigenvalue weighted by atomic mass is 9.67. The first-order chi connectivity index (χ1) is 31.5. The molecule has 64 heavy (non-hydrogen) atoms. The third-order valence-electron chi connectivity index (χ3n) is 14.4. The molecule has 1 aromatic heterocycles. The summed E-state index contributed by atoms with van der Waals surface area (Å²) in [7, 11) is 0. The van der Waals surface area contributed by atoms with Crippen molar-refractivity contribution in [3.8, 4) is 27.9 Å². The van der Waals surface area contributed by atoms with Crippen molar-refractivity contribution in [2.45, 2.75) is 24.7 Å². The molecule has 0 fully saturated rings. The number of hydrogen-bond donors (Lipinski definition) is 0. The van der Waals surface area contributed by atoms with Crippen molar-refractivity contribution < 1.29 is 0 Å². The van der Waals surface area contributed by atoms with Crippen LogP contribution in [-0.4, -0.2) is 4.57 Å². The van der Waals surface area contributed by atoms with Gasteiger partial charge in [0.15, 0.2) is 0 Å². The Labute approximate surface area is 374 Å². The van der Waals surface area contributed by atoms with Crippen LogP contribution in [0.1, 0.15) is 47.2 Å². The summed E-state index contributed by atoms with van der Waals surface area (Å²) < 4.78 is 2.44. The number of anilines is 3. The van der Waals surface area contributed by atoms with Gasteiger partial charge in [0.05, 0.1) is 16.4 Å². The zero-order valence-corrected chi connectivity index (χ0v) is 35.8. The molecule has 0 saturated heterocycles. The van der Waals surface area contributed by atoms with Crippen LogP contribution in [0.3, 0.4) is 0 Å². The molecule has 0 aliphatic heterocycles. The van der Waals surface area contributed by atoms with Crippen molar-refractivity contribution in [3.63, 3.8) is 0 Å². The highest BCUT2D eigenvalue weighted by molar-refractivity contribution is 6.11. The maximum atomic E-state index is 2.51. The van der Waals surface area contributed by atoms with Crippen molar-refractivity contribution >= 4 is 49.6 Å². The molecule has 0 saturated carbocycles. The number of nitrogens with zero attached hydrogens (tertiary/aromatic N) is 2. The summed E-state index contributed by atoms with van der Waals surface area (Å²) in [6.07, 6.45) is 0. The lowest BCUT2D eigenvalue weighted by Crippen LogP contribution is -2.28. The second-order valence-electron chi connectivity index (χ2n) is 18.1. The van der Waals surface area contributed by atoms with Gasteiger partial charge in [0.25, 0.3) is 0 Å². The molecule has 0 atom stereocenters. The fourth-order valence-corrected chi connectivity index (χ4v) is 11.5. The van der Waals surface area contributed by atoms with Crippen LogP contribution in [0.25, 0.3) is 60.5 Å². The van der Waals surface area contributed by atoms with Gasteiger partial charge >= 0.3 is 0 Å². The van der Waals surface area contributed by atoms with Gasteiger partial charge in [-0.15, -0.1) is 0 Å². The third-order valence-corrected chi connectivity index (χ3v) is 14.4. The van der Waals surface area contributed by atoms with Crippen LogP contribution >= 0.6 is 0 Å². The van der Waals surface area contributed by atoms with E-state index in [0.29, 0.717) is 0 Å². The quantitative estimate of drug-likeness (QED) is 0.162. The highest BCUT2D eigenvalue weighted by Crippen LogP contribution is 2.57. The van der Waals surface area contributed by atoms with Gasteiger partial charge in [0, 0.05) is 38.9 Å². The number of para-hydroxylation sites is 2. The fraction of sp³-hybridized carbons (Fsp3) is 0.0645. The van der Waals surface area contributed by atoms with Crippen LogP contribution in [-0.2, 0) is 10.8 Å². The molecule has 10 aromatic carbocycles. The minimum atomic E-state index is -0.547. The van der Waals surface area contributed by atoms with Crippen molar-refractivity contribution in [3.05, 3.63) is 264 Å². The van der Waals surface area contributed by atoms with E-state index in [1.165, 1.54) is 88.2 Å². The molecular weight excluding hydrogens is 773 g/mol. The van der Waals surface area contributed by atoms with E-state index in [4.69, 9.17) is 0 Å². The highest BCUT2D eigenvalue weighted by Gasteiger charge is 2.46. The van der Waals surface area contributed by atoms with Gasteiger partial charge in [-0.25, -0.2) is 0 Å². The van der Waals surface area contributed by atoms with Gasteiger partial charge in [-0.2, -0.15) is 0 Å². The van der Waals surface area contributed by atoms with Crippen molar-refractivity contribution in [1.82, 2.24) is 4.57 Å². The summed E-state index contributed by atoms with van der Waals surface area (Å²) in [6, 6.07) is 86.0. The predicted molar refractivity (Wildman–Crippen MR) is 268 cm³/mol. The Kier molecular flexibility index (Phi) is 7.90. The number of hydrogen-bond acceptors (Lipinski definition) is 1. The van der Waals surface area contributed by atoms with Crippen molar-refractivity contribution in [2.24, 2.45) is 0 Å². The molecule has 2 heteroatoms. The summed E-state index contributed by atoms with van der Waals surface area (Å²) >= 11 is 0. The molecular formula is C62H44N2. The van der Waals surface area contributed by atoms with E-state index in [9.17, 15) is 0 Å². The summed E-state index contributed by atoms with van der Waals surface area (Å²) in [5.74, 6) is 0. The minimum absolute atomic E-state index is 0.119. The Balaban J connectivity index is 1.08. The van der Waals surface area contributed by atoms with Crippen molar-refractivity contribution in [1.29, 1.82) is 0 Å². The summed E-state index contributed by atoms with van der Waals surface area (Å²) in [6.45, 7) is 4.73. The van der Waals surface area contributed by atoms with E-state index in [-0.39, 0.29) is 5.41 Å². The van der Waals surface area contributed by atoms with E-state index >= 15 is 0 Å². The Morgan fingerprint density at radius 3 is 1.56 bits per heavy atom. The first kappa shape index (κ1) is 36.7. The zero-order chi connectivity index (χ0) is 42.6. The predicted octanol–water partition coefficient (Wildman–Crippen LogP) is 16.1. The molecule has 0 spiro atoms. The smallest absolute Gasteiger partial charge is 0.0714 e. The maximum absolute atomic E-state index is 2.51. The van der Waals surface area contributed by atoms with E-state index in [2.05, 4.69) is 254 Å². The largest absolute Gasteiger partial charge is 0.310 e. The highest BCUT2D eigenvalue weighted by atomic mass is 15.1. The fourth-order valence-electron chi connectivity index (χ4n) is 11.5. The van der Waals surface area contributed by atoms with Gasteiger partial charge < -0.3 is 9.47 Å². The lowest BCUT2D eigenvalue weighted by molar-refractivity contribution is 0.660. The van der Waals surface area contributed by atoms with Gasteiger partial charge in [0.1, 0.15) is 0 Å². The third kappa shape index (κ3) is 5.14. The Morgan fingerprint density at radius 1 is 0.344 bits per heavy atom. The molecule has 0 amide bonds. The molecule has 0 unspecified atom stereocenters. The Morgan fingerprint density at radius 2 is 0.844 bits per heavy atom. The van der Waals surface area contributed by atoms with Gasteiger partial charge in [0.2, 0.25) is 0 Å². The topological polar surface area (TPSA) is 8.17 Å².